The van der Waals surface area contributed by atoms with Crippen molar-refractivity contribution in [1.29, 1.82) is 0 Å². The van der Waals surface area contributed by atoms with E-state index in [0.29, 0.717) is 25.0 Å². The quantitative estimate of drug-likeness (QED) is 0.692. The maximum absolute atomic E-state index is 5.36. The van der Waals surface area contributed by atoms with Crippen molar-refractivity contribution in [3.8, 4) is 0 Å². The molecule has 0 atom stereocenters. The lowest BCUT2D eigenvalue weighted by Crippen LogP contribution is -2.18. The van der Waals surface area contributed by atoms with Gasteiger partial charge in [-0.25, -0.2) is 0 Å². The molecule has 0 radical (unpaired) electrons. The Bertz CT molecular complexity index is 273. The maximum Gasteiger partial charge on any atom is 0.252 e. The Morgan fingerprint density at radius 1 is 1.47 bits per heavy atom. The molecule has 0 saturated carbocycles. The predicted molar refractivity (Wildman–Crippen MR) is 56.6 cm³/mol. The summed E-state index contributed by atoms with van der Waals surface area (Å²) in [7, 11) is 0. The summed E-state index contributed by atoms with van der Waals surface area (Å²) in [5, 5.41) is 7.02. The third-order valence-corrected chi connectivity index (χ3v) is 1.90. The monoisotopic (exact) mass is 213 g/mol. The highest BCUT2D eigenvalue weighted by atomic mass is 16.5. The van der Waals surface area contributed by atoms with Gasteiger partial charge in [0.05, 0.1) is 6.61 Å². The molecule has 0 unspecified atom stereocenters. The second-order valence-electron chi connectivity index (χ2n) is 3.61. The van der Waals surface area contributed by atoms with Gasteiger partial charge < -0.3 is 14.6 Å². The molecule has 0 bridgehead atoms. The van der Waals surface area contributed by atoms with E-state index in [9.17, 15) is 0 Å². The van der Waals surface area contributed by atoms with Crippen LogP contribution in [0.5, 0.6) is 0 Å². The Hall–Kier alpha value is -0.940. The third kappa shape index (κ3) is 4.40. The van der Waals surface area contributed by atoms with Crippen molar-refractivity contribution < 1.29 is 9.26 Å². The van der Waals surface area contributed by atoms with Gasteiger partial charge in [-0.05, 0) is 6.54 Å². The Morgan fingerprint density at radius 2 is 2.27 bits per heavy atom. The molecular weight excluding hydrogens is 194 g/mol. The number of hydrogen-bond donors (Lipinski definition) is 1. The van der Waals surface area contributed by atoms with Gasteiger partial charge in [-0.15, -0.1) is 0 Å². The van der Waals surface area contributed by atoms with E-state index in [1.165, 1.54) is 0 Å². The normalized spacial score (nSPS) is 11.2. The van der Waals surface area contributed by atoms with Crippen LogP contribution in [0.1, 0.15) is 38.4 Å². The molecule has 86 valence electrons. The summed E-state index contributed by atoms with van der Waals surface area (Å²) < 4.78 is 10.4. The lowest BCUT2D eigenvalue weighted by molar-refractivity contribution is 0.0997. The topological polar surface area (TPSA) is 60.2 Å². The molecule has 0 aliphatic rings. The van der Waals surface area contributed by atoms with Crippen molar-refractivity contribution in [2.75, 3.05) is 19.7 Å². The molecular formula is C10H19N3O2. The van der Waals surface area contributed by atoms with Crippen LogP contribution in [0, 0.1) is 0 Å². The number of rotatable bonds is 7. The van der Waals surface area contributed by atoms with Crippen LogP contribution >= 0.6 is 0 Å². The average molecular weight is 213 g/mol. The standard InChI is InChI=1S/C10H19N3O2/c1-4-11-5-6-14-7-9-12-10(8(2)3)13-15-9/h8,11H,4-7H2,1-3H3. The molecule has 0 amide bonds. The van der Waals surface area contributed by atoms with Gasteiger partial charge in [-0.1, -0.05) is 25.9 Å². The molecule has 0 aliphatic heterocycles. The van der Waals surface area contributed by atoms with Gasteiger partial charge in [0.25, 0.3) is 5.89 Å². The number of aromatic nitrogens is 2. The molecule has 0 fully saturated rings. The lowest BCUT2D eigenvalue weighted by Gasteiger charge is -2.00. The van der Waals surface area contributed by atoms with E-state index in [4.69, 9.17) is 9.26 Å². The van der Waals surface area contributed by atoms with E-state index in [2.05, 4.69) is 22.4 Å². The molecule has 1 heterocycles. The fraction of sp³-hybridized carbons (Fsp3) is 0.800. The van der Waals surface area contributed by atoms with Gasteiger partial charge in [0.2, 0.25) is 0 Å². The zero-order valence-corrected chi connectivity index (χ0v) is 9.62. The van der Waals surface area contributed by atoms with Crippen LogP contribution < -0.4 is 5.32 Å². The number of nitrogens with zero attached hydrogens (tertiary/aromatic N) is 2. The molecule has 0 spiro atoms. The van der Waals surface area contributed by atoms with Gasteiger partial charge in [0.15, 0.2) is 5.82 Å². The van der Waals surface area contributed by atoms with E-state index in [1.54, 1.807) is 0 Å². The predicted octanol–water partition coefficient (Wildman–Crippen LogP) is 1.32. The molecule has 1 aromatic heterocycles. The first-order valence-corrected chi connectivity index (χ1v) is 5.35. The summed E-state index contributed by atoms with van der Waals surface area (Å²) in [5.41, 5.74) is 0. The summed E-state index contributed by atoms with van der Waals surface area (Å²) in [6.07, 6.45) is 0. The van der Waals surface area contributed by atoms with Crippen LogP contribution in [0.3, 0.4) is 0 Å². The summed E-state index contributed by atoms with van der Waals surface area (Å²) in [6.45, 7) is 8.98. The zero-order valence-electron chi connectivity index (χ0n) is 9.62. The summed E-state index contributed by atoms with van der Waals surface area (Å²) in [6, 6.07) is 0. The van der Waals surface area contributed by atoms with E-state index in [1.807, 2.05) is 13.8 Å². The second kappa shape index (κ2) is 6.53. The molecule has 5 nitrogen and oxygen atoms in total. The number of hydrogen-bond acceptors (Lipinski definition) is 5. The van der Waals surface area contributed by atoms with E-state index in [-0.39, 0.29) is 0 Å². The highest BCUT2D eigenvalue weighted by Gasteiger charge is 2.08. The van der Waals surface area contributed by atoms with Crippen molar-refractivity contribution >= 4 is 0 Å². The SMILES string of the molecule is CCNCCOCc1nc(C(C)C)no1. The van der Waals surface area contributed by atoms with Crippen LogP contribution in [0.4, 0.5) is 0 Å². The van der Waals surface area contributed by atoms with E-state index >= 15 is 0 Å². The Labute approximate surface area is 90.2 Å². The minimum absolute atomic E-state index is 0.296. The molecule has 0 aromatic carbocycles. The highest BCUT2D eigenvalue weighted by molar-refractivity contribution is 4.90. The first-order chi connectivity index (χ1) is 7.24. The van der Waals surface area contributed by atoms with Gasteiger partial charge in [-0.2, -0.15) is 4.98 Å². The van der Waals surface area contributed by atoms with Crippen LogP contribution in [0.15, 0.2) is 4.52 Å². The minimum atomic E-state index is 0.296. The smallest absolute Gasteiger partial charge is 0.252 e. The lowest BCUT2D eigenvalue weighted by atomic mass is 10.2. The third-order valence-electron chi connectivity index (χ3n) is 1.90. The zero-order chi connectivity index (χ0) is 11.1. The highest BCUT2D eigenvalue weighted by Crippen LogP contribution is 2.09. The Morgan fingerprint density at radius 3 is 2.87 bits per heavy atom. The second-order valence-corrected chi connectivity index (χ2v) is 3.61. The Kier molecular flexibility index (Phi) is 5.28. The summed E-state index contributed by atoms with van der Waals surface area (Å²) in [5.74, 6) is 1.58. The molecule has 1 rings (SSSR count). The molecule has 0 saturated heterocycles. The molecule has 15 heavy (non-hydrogen) atoms. The fourth-order valence-electron chi connectivity index (χ4n) is 1.04. The molecule has 1 aromatic rings. The first kappa shape index (κ1) is 12.1. The van der Waals surface area contributed by atoms with Gasteiger partial charge >= 0.3 is 0 Å². The fourth-order valence-corrected chi connectivity index (χ4v) is 1.04. The van der Waals surface area contributed by atoms with Crippen molar-refractivity contribution in [3.63, 3.8) is 0 Å². The van der Waals surface area contributed by atoms with Crippen LogP contribution in [-0.2, 0) is 11.3 Å². The minimum Gasteiger partial charge on any atom is -0.370 e. The average Bonchev–Trinajstić information content (AvgIpc) is 2.66. The van der Waals surface area contributed by atoms with E-state index < -0.39 is 0 Å². The maximum atomic E-state index is 5.36. The van der Waals surface area contributed by atoms with Crippen molar-refractivity contribution in [3.05, 3.63) is 11.7 Å². The largest absolute Gasteiger partial charge is 0.370 e. The molecule has 1 N–H and O–H groups in total. The number of ether oxygens (including phenoxy) is 1. The number of nitrogens with one attached hydrogen (secondary N) is 1. The summed E-state index contributed by atoms with van der Waals surface area (Å²) >= 11 is 0. The summed E-state index contributed by atoms with van der Waals surface area (Å²) in [4.78, 5) is 4.20. The molecule has 5 heteroatoms. The van der Waals surface area contributed by atoms with Crippen molar-refractivity contribution in [1.82, 2.24) is 15.5 Å². The van der Waals surface area contributed by atoms with E-state index in [0.717, 1.165) is 18.9 Å². The van der Waals surface area contributed by atoms with Crippen LogP contribution in [0.25, 0.3) is 0 Å². The van der Waals surface area contributed by atoms with Gasteiger partial charge in [0, 0.05) is 12.5 Å². The van der Waals surface area contributed by atoms with Crippen molar-refractivity contribution in [2.24, 2.45) is 0 Å². The molecule has 0 aliphatic carbocycles. The van der Waals surface area contributed by atoms with Crippen LogP contribution in [-0.4, -0.2) is 29.8 Å². The first-order valence-electron chi connectivity index (χ1n) is 5.35. The van der Waals surface area contributed by atoms with Gasteiger partial charge in [-0.3, -0.25) is 0 Å². The number of likely N-dealkylation sites (N-methyl/N-ethyl adjacent to an activating group) is 1. The van der Waals surface area contributed by atoms with Crippen molar-refractivity contribution in [2.45, 2.75) is 33.3 Å². The van der Waals surface area contributed by atoms with Crippen LogP contribution in [0.2, 0.25) is 0 Å². The Balaban J connectivity index is 2.20. The van der Waals surface area contributed by atoms with Gasteiger partial charge in [0.1, 0.15) is 6.61 Å².